The van der Waals surface area contributed by atoms with Gasteiger partial charge in [0, 0.05) is 11.9 Å². The Morgan fingerprint density at radius 2 is 1.86 bits per heavy atom. The zero-order valence-corrected chi connectivity index (χ0v) is 18.7. The van der Waals surface area contributed by atoms with Crippen molar-refractivity contribution in [1.29, 1.82) is 0 Å². The number of nitrogen functional groups attached to an aromatic ring is 1. The molecule has 0 spiro atoms. The number of carbonyl (C=O) groups excluding carboxylic acids is 1. The van der Waals surface area contributed by atoms with Crippen LogP contribution in [0.15, 0.2) is 36.4 Å². The first-order valence-electron chi connectivity index (χ1n) is 9.02. The molecule has 1 unspecified atom stereocenters. The van der Waals surface area contributed by atoms with E-state index in [4.69, 9.17) is 10.5 Å². The van der Waals surface area contributed by atoms with Gasteiger partial charge < -0.3 is 20.5 Å². The molecule has 0 aliphatic carbocycles. The Morgan fingerprint density at radius 3 is 2.45 bits per heavy atom. The van der Waals surface area contributed by atoms with Crippen molar-refractivity contribution in [3.05, 3.63) is 46.8 Å². The zero-order valence-electron chi connectivity index (χ0n) is 17.1. The van der Waals surface area contributed by atoms with Crippen LogP contribution in [0, 0.1) is 0 Å². The van der Waals surface area contributed by atoms with Gasteiger partial charge in [-0.15, -0.1) is 11.3 Å². The average molecular weight is 432 g/mol. The third-order valence-electron chi connectivity index (χ3n) is 4.46. The number of carbonyl (C=O) groups is 1. The summed E-state index contributed by atoms with van der Waals surface area (Å²) in [6.45, 7) is 6.21. The Morgan fingerprint density at radius 1 is 1.17 bits per heavy atom. The summed E-state index contributed by atoms with van der Waals surface area (Å²) in [5.41, 5.74) is 8.55. The maximum Gasteiger partial charge on any atom is 0.265 e. The van der Waals surface area contributed by atoms with Crippen LogP contribution in [-0.2, 0) is 16.4 Å². The van der Waals surface area contributed by atoms with Crippen molar-refractivity contribution in [3.8, 4) is 5.75 Å². The fourth-order valence-corrected chi connectivity index (χ4v) is 4.43. The molecular weight excluding hydrogens is 406 g/mol. The van der Waals surface area contributed by atoms with Gasteiger partial charge in [-0.25, -0.2) is 4.21 Å². The van der Waals surface area contributed by atoms with E-state index in [0.29, 0.717) is 27.7 Å². The maximum atomic E-state index is 13.0. The summed E-state index contributed by atoms with van der Waals surface area (Å²) in [6, 6.07) is 11.2. The number of rotatable bonds is 5. The van der Waals surface area contributed by atoms with Crippen LogP contribution >= 0.6 is 11.3 Å². The smallest absolute Gasteiger partial charge is 0.265 e. The molecule has 1 aromatic heterocycles. The highest BCUT2D eigenvalue weighted by atomic mass is 32.2. The number of ether oxygens (including phenoxy) is 1. The van der Waals surface area contributed by atoms with E-state index in [1.165, 1.54) is 18.4 Å². The van der Waals surface area contributed by atoms with Crippen molar-refractivity contribution in [2.45, 2.75) is 26.2 Å². The summed E-state index contributed by atoms with van der Waals surface area (Å²) in [6.07, 6.45) is 1.54. The van der Waals surface area contributed by atoms with Gasteiger partial charge in [0.05, 0.1) is 28.1 Å². The largest absolute Gasteiger partial charge is 0.492 e. The average Bonchev–Trinajstić information content (AvgIpc) is 3.06. The summed E-state index contributed by atoms with van der Waals surface area (Å²) >= 11 is 1.35. The molecule has 8 heteroatoms. The lowest BCUT2D eigenvalue weighted by atomic mass is 9.86. The van der Waals surface area contributed by atoms with Gasteiger partial charge in [-0.2, -0.15) is 0 Å². The van der Waals surface area contributed by atoms with Crippen LogP contribution in [0.5, 0.6) is 5.75 Å². The first kappa shape index (κ1) is 21.1. The number of hydrogen-bond donors (Lipinski definition) is 3. The second-order valence-electron chi connectivity index (χ2n) is 7.74. The minimum Gasteiger partial charge on any atom is -0.492 e. The Labute approximate surface area is 177 Å². The standard InChI is InChI=1S/C21H25N3O3S2/c1-21(2,3)13-10-15(18(27-4)16(11-13)24-29(5)26)23-20(25)17-9-12-7-6-8-14(22)19(12)28-17/h6-11,24H,22H2,1-5H3,(H,23,25). The van der Waals surface area contributed by atoms with Crippen LogP contribution in [0.2, 0.25) is 0 Å². The molecule has 0 aliphatic rings. The zero-order chi connectivity index (χ0) is 21.3. The number of nitrogens with one attached hydrogen (secondary N) is 2. The van der Waals surface area contributed by atoms with Crippen molar-refractivity contribution in [1.82, 2.24) is 0 Å². The molecule has 0 aliphatic heterocycles. The Kier molecular flexibility index (Phi) is 5.86. The normalized spacial score (nSPS) is 12.6. The van der Waals surface area contributed by atoms with Crippen molar-refractivity contribution < 1.29 is 13.7 Å². The number of hydrogen-bond acceptors (Lipinski definition) is 5. The Balaban J connectivity index is 2.04. The summed E-state index contributed by atoms with van der Waals surface area (Å²) in [7, 11) is 0.231. The SMILES string of the molecule is COc1c(NC(=O)c2cc3cccc(N)c3s2)cc(C(C)(C)C)cc1NS(C)=O. The third kappa shape index (κ3) is 4.54. The number of thiophene rings is 1. The number of benzene rings is 2. The molecule has 154 valence electrons. The van der Waals surface area contributed by atoms with Gasteiger partial charge >= 0.3 is 0 Å². The molecule has 4 N–H and O–H groups in total. The number of fused-ring (bicyclic) bond motifs is 1. The second-order valence-corrected chi connectivity index (χ2v) is 9.91. The monoisotopic (exact) mass is 431 g/mol. The molecular formula is C21H25N3O3S2. The molecule has 1 atom stereocenters. The van der Waals surface area contributed by atoms with Gasteiger partial charge in [-0.05, 0) is 40.6 Å². The minimum absolute atomic E-state index is 0.177. The van der Waals surface area contributed by atoms with Crippen LogP contribution < -0.4 is 20.5 Å². The second kappa shape index (κ2) is 8.04. The topological polar surface area (TPSA) is 93.4 Å². The number of amides is 1. The molecule has 3 aromatic rings. The van der Waals surface area contributed by atoms with Crippen molar-refractivity contribution in [2.75, 3.05) is 29.1 Å². The van der Waals surface area contributed by atoms with Crippen molar-refractivity contribution in [2.24, 2.45) is 0 Å². The van der Waals surface area contributed by atoms with Gasteiger partial charge in [0.15, 0.2) is 5.75 Å². The summed E-state index contributed by atoms with van der Waals surface area (Å²) in [4.78, 5) is 13.5. The molecule has 6 nitrogen and oxygen atoms in total. The quantitative estimate of drug-likeness (QED) is 0.508. The van der Waals surface area contributed by atoms with Crippen LogP contribution in [0.1, 0.15) is 36.0 Å². The molecule has 0 radical (unpaired) electrons. The Hall–Kier alpha value is -2.58. The van der Waals surface area contributed by atoms with E-state index in [1.807, 2.05) is 36.4 Å². The molecule has 1 amide bonds. The van der Waals surface area contributed by atoms with Crippen molar-refractivity contribution in [3.63, 3.8) is 0 Å². The number of nitrogens with two attached hydrogens (primary N) is 1. The van der Waals surface area contributed by atoms with Gasteiger partial charge in [-0.1, -0.05) is 32.9 Å². The fourth-order valence-electron chi connectivity index (χ4n) is 2.99. The van der Waals surface area contributed by atoms with Gasteiger partial charge in [0.2, 0.25) is 0 Å². The van der Waals surface area contributed by atoms with Crippen LogP contribution in [-0.4, -0.2) is 23.5 Å². The first-order valence-corrected chi connectivity index (χ1v) is 11.4. The highest BCUT2D eigenvalue weighted by molar-refractivity contribution is 7.85. The van der Waals surface area contributed by atoms with Gasteiger partial charge in [-0.3, -0.25) is 4.79 Å². The van der Waals surface area contributed by atoms with Gasteiger partial charge in [0.1, 0.15) is 11.0 Å². The molecule has 2 aromatic carbocycles. The molecule has 1 heterocycles. The Bertz CT molecular complexity index is 1100. The highest BCUT2D eigenvalue weighted by Gasteiger charge is 2.22. The molecule has 29 heavy (non-hydrogen) atoms. The summed E-state index contributed by atoms with van der Waals surface area (Å²) in [5, 5.41) is 3.88. The van der Waals surface area contributed by atoms with E-state index in [-0.39, 0.29) is 11.3 Å². The fraction of sp³-hybridized carbons (Fsp3) is 0.286. The van der Waals surface area contributed by atoms with Gasteiger partial charge in [0.25, 0.3) is 5.91 Å². The van der Waals surface area contributed by atoms with E-state index < -0.39 is 11.0 Å². The molecule has 0 bridgehead atoms. The van der Waals surface area contributed by atoms with E-state index in [2.05, 4.69) is 30.8 Å². The molecule has 3 rings (SSSR count). The lowest BCUT2D eigenvalue weighted by Crippen LogP contribution is -2.16. The number of anilines is 3. The molecule has 0 fully saturated rings. The number of methoxy groups -OCH3 is 1. The predicted octanol–water partition coefficient (Wildman–Crippen LogP) is 4.75. The van der Waals surface area contributed by atoms with E-state index in [0.717, 1.165) is 15.6 Å². The first-order chi connectivity index (χ1) is 13.6. The van der Waals surface area contributed by atoms with E-state index >= 15 is 0 Å². The molecule has 0 saturated heterocycles. The minimum atomic E-state index is -1.29. The summed E-state index contributed by atoms with van der Waals surface area (Å²) < 4.78 is 21.1. The van der Waals surface area contributed by atoms with E-state index in [1.54, 1.807) is 6.26 Å². The summed E-state index contributed by atoms with van der Waals surface area (Å²) in [5.74, 6) is 0.181. The van der Waals surface area contributed by atoms with Crippen LogP contribution in [0.3, 0.4) is 0 Å². The van der Waals surface area contributed by atoms with E-state index in [9.17, 15) is 9.00 Å². The third-order valence-corrected chi connectivity index (χ3v) is 6.17. The lowest BCUT2D eigenvalue weighted by molar-refractivity contribution is 0.103. The highest BCUT2D eigenvalue weighted by Crippen LogP contribution is 2.39. The maximum absolute atomic E-state index is 13.0. The molecule has 0 saturated carbocycles. The van der Waals surface area contributed by atoms with Crippen LogP contribution in [0.25, 0.3) is 10.1 Å². The predicted molar refractivity (Wildman–Crippen MR) is 124 cm³/mol. The lowest BCUT2D eigenvalue weighted by Gasteiger charge is -2.23. The van der Waals surface area contributed by atoms with Crippen LogP contribution in [0.4, 0.5) is 17.1 Å². The van der Waals surface area contributed by atoms with Crippen molar-refractivity contribution >= 4 is 55.4 Å².